The summed E-state index contributed by atoms with van der Waals surface area (Å²) in [6, 6.07) is 10.2. The van der Waals surface area contributed by atoms with E-state index in [4.69, 9.17) is 25.5 Å². The number of amides is 1. The fourth-order valence-corrected chi connectivity index (χ4v) is 3.09. The largest absolute Gasteiger partial charge is 0.497 e. The van der Waals surface area contributed by atoms with Crippen LogP contribution >= 0.6 is 11.6 Å². The van der Waals surface area contributed by atoms with Gasteiger partial charge in [-0.1, -0.05) is 11.6 Å². The molecule has 0 fully saturated rings. The molecule has 2 aromatic heterocycles. The van der Waals surface area contributed by atoms with E-state index in [-0.39, 0.29) is 31.2 Å². The number of hydrogen-bond acceptors (Lipinski definition) is 5. The number of rotatable bonds is 9. The minimum atomic E-state index is -4.62. The molecule has 1 N–H and O–H groups in total. The van der Waals surface area contributed by atoms with Crippen molar-refractivity contribution in [2.75, 3.05) is 13.7 Å². The number of benzene rings is 1. The van der Waals surface area contributed by atoms with Gasteiger partial charge in [-0.2, -0.15) is 18.3 Å². The summed E-state index contributed by atoms with van der Waals surface area (Å²) in [7, 11) is 1.57. The van der Waals surface area contributed by atoms with Crippen molar-refractivity contribution in [2.24, 2.45) is 0 Å². The van der Waals surface area contributed by atoms with Gasteiger partial charge < -0.3 is 19.2 Å². The minimum absolute atomic E-state index is 0.107. The standard InChI is InChI=1S/C21H21ClF3N3O4/c1-13-18(22)19(21(23,24)25)27-28(13)11-3-10-26-20(29)17-9-8-16(32-17)12-31-15-6-4-14(30-2)5-7-15/h4-9H,3,10-12H2,1-2H3,(H,26,29). The Morgan fingerprint density at radius 3 is 2.50 bits per heavy atom. The molecule has 3 rings (SSSR count). The summed E-state index contributed by atoms with van der Waals surface area (Å²) in [6.45, 7) is 1.98. The molecule has 0 atom stereocenters. The zero-order chi connectivity index (χ0) is 23.3. The maximum atomic E-state index is 12.9. The fraction of sp³-hybridized carbons (Fsp3) is 0.333. The van der Waals surface area contributed by atoms with Gasteiger partial charge in [-0.3, -0.25) is 9.48 Å². The van der Waals surface area contributed by atoms with Crippen LogP contribution in [-0.4, -0.2) is 29.3 Å². The molecule has 0 aliphatic rings. The summed E-state index contributed by atoms with van der Waals surface area (Å²) < 4.78 is 55.9. The molecule has 0 aliphatic carbocycles. The van der Waals surface area contributed by atoms with E-state index in [0.29, 0.717) is 23.7 Å². The average molecular weight is 472 g/mol. The van der Waals surface area contributed by atoms with E-state index < -0.39 is 22.8 Å². The number of carbonyl (C=O) groups is 1. The van der Waals surface area contributed by atoms with Gasteiger partial charge in [0.05, 0.1) is 17.8 Å². The molecule has 32 heavy (non-hydrogen) atoms. The van der Waals surface area contributed by atoms with Gasteiger partial charge in [-0.05, 0) is 49.7 Å². The molecule has 0 bridgehead atoms. The number of nitrogens with one attached hydrogen (secondary N) is 1. The van der Waals surface area contributed by atoms with E-state index >= 15 is 0 Å². The lowest BCUT2D eigenvalue weighted by molar-refractivity contribution is -0.141. The number of aromatic nitrogens is 2. The van der Waals surface area contributed by atoms with Crippen molar-refractivity contribution in [2.45, 2.75) is 32.7 Å². The molecule has 172 valence electrons. The van der Waals surface area contributed by atoms with E-state index in [1.807, 2.05) is 0 Å². The Labute approximate surface area is 187 Å². The maximum absolute atomic E-state index is 12.9. The third-order valence-electron chi connectivity index (χ3n) is 4.56. The first-order valence-electron chi connectivity index (χ1n) is 9.63. The van der Waals surface area contributed by atoms with Crippen molar-refractivity contribution >= 4 is 17.5 Å². The Morgan fingerprint density at radius 2 is 1.88 bits per heavy atom. The fourth-order valence-electron chi connectivity index (χ4n) is 2.84. The SMILES string of the molecule is COc1ccc(OCc2ccc(C(=O)NCCCn3nc(C(F)(F)F)c(Cl)c3C)o2)cc1. The summed E-state index contributed by atoms with van der Waals surface area (Å²) in [5.41, 5.74) is -0.890. The molecular formula is C21H21ClF3N3O4. The quantitative estimate of drug-likeness (QED) is 0.451. The van der Waals surface area contributed by atoms with Crippen LogP contribution in [0.4, 0.5) is 13.2 Å². The van der Waals surface area contributed by atoms with E-state index in [1.54, 1.807) is 37.4 Å². The maximum Gasteiger partial charge on any atom is 0.436 e. The number of hydrogen-bond donors (Lipinski definition) is 1. The van der Waals surface area contributed by atoms with Crippen LogP contribution in [0.5, 0.6) is 11.5 Å². The Hall–Kier alpha value is -3.14. The molecule has 0 unspecified atom stereocenters. The third-order valence-corrected chi connectivity index (χ3v) is 5.01. The van der Waals surface area contributed by atoms with Gasteiger partial charge in [0.15, 0.2) is 11.5 Å². The van der Waals surface area contributed by atoms with Crippen LogP contribution in [0.15, 0.2) is 40.8 Å². The van der Waals surface area contributed by atoms with Gasteiger partial charge in [-0.15, -0.1) is 0 Å². The van der Waals surface area contributed by atoms with Crippen molar-refractivity contribution < 1.29 is 31.9 Å². The van der Waals surface area contributed by atoms with E-state index in [2.05, 4.69) is 10.4 Å². The number of alkyl halides is 3. The third kappa shape index (κ3) is 5.76. The molecule has 0 aliphatic heterocycles. The zero-order valence-corrected chi connectivity index (χ0v) is 18.1. The second-order valence-corrected chi connectivity index (χ2v) is 7.19. The van der Waals surface area contributed by atoms with Gasteiger partial charge in [0.2, 0.25) is 0 Å². The number of methoxy groups -OCH3 is 1. The Morgan fingerprint density at radius 1 is 1.19 bits per heavy atom. The number of aryl methyl sites for hydroxylation is 1. The summed E-state index contributed by atoms with van der Waals surface area (Å²) in [6.07, 6.45) is -4.26. The molecule has 2 heterocycles. The predicted octanol–water partition coefficient (Wildman–Crippen LogP) is 4.86. The molecule has 7 nitrogen and oxygen atoms in total. The Kier molecular flexibility index (Phi) is 7.34. The molecule has 1 aromatic carbocycles. The van der Waals surface area contributed by atoms with Crippen LogP contribution in [0.3, 0.4) is 0 Å². The average Bonchev–Trinajstić information content (AvgIpc) is 3.35. The Balaban J connectivity index is 1.45. The highest BCUT2D eigenvalue weighted by molar-refractivity contribution is 6.31. The lowest BCUT2D eigenvalue weighted by Crippen LogP contribution is -2.25. The summed E-state index contributed by atoms with van der Waals surface area (Å²) in [5, 5.41) is 5.76. The second kappa shape index (κ2) is 9.99. The van der Waals surface area contributed by atoms with Crippen LogP contribution in [0.25, 0.3) is 0 Å². The molecule has 3 aromatic rings. The zero-order valence-electron chi connectivity index (χ0n) is 17.3. The molecule has 0 saturated carbocycles. The summed E-state index contributed by atoms with van der Waals surface area (Å²) in [4.78, 5) is 12.2. The number of ether oxygens (including phenoxy) is 2. The normalized spacial score (nSPS) is 11.4. The number of nitrogens with zero attached hydrogens (tertiary/aromatic N) is 2. The lowest BCUT2D eigenvalue weighted by atomic mass is 10.3. The predicted molar refractivity (Wildman–Crippen MR) is 110 cm³/mol. The van der Waals surface area contributed by atoms with Crippen LogP contribution in [-0.2, 0) is 19.3 Å². The highest BCUT2D eigenvalue weighted by Gasteiger charge is 2.38. The molecular weight excluding hydrogens is 451 g/mol. The molecule has 0 spiro atoms. The number of furan rings is 1. The van der Waals surface area contributed by atoms with E-state index in [0.717, 1.165) is 0 Å². The highest BCUT2D eigenvalue weighted by Crippen LogP contribution is 2.35. The van der Waals surface area contributed by atoms with Crippen molar-refractivity contribution in [1.82, 2.24) is 15.1 Å². The van der Waals surface area contributed by atoms with Crippen molar-refractivity contribution in [3.8, 4) is 11.5 Å². The Bertz CT molecular complexity index is 1060. The van der Waals surface area contributed by atoms with Gasteiger partial charge in [0.25, 0.3) is 5.91 Å². The van der Waals surface area contributed by atoms with Gasteiger partial charge >= 0.3 is 6.18 Å². The second-order valence-electron chi connectivity index (χ2n) is 6.81. The van der Waals surface area contributed by atoms with Crippen LogP contribution in [0, 0.1) is 6.92 Å². The van der Waals surface area contributed by atoms with Crippen molar-refractivity contribution in [3.05, 3.63) is 64.3 Å². The van der Waals surface area contributed by atoms with Gasteiger partial charge in [0.1, 0.15) is 23.9 Å². The smallest absolute Gasteiger partial charge is 0.436 e. The first-order chi connectivity index (χ1) is 15.2. The van der Waals surface area contributed by atoms with Crippen LogP contribution in [0.2, 0.25) is 5.02 Å². The summed E-state index contributed by atoms with van der Waals surface area (Å²) >= 11 is 5.72. The molecule has 11 heteroatoms. The lowest BCUT2D eigenvalue weighted by Gasteiger charge is -2.06. The first-order valence-corrected chi connectivity index (χ1v) is 10.0. The van der Waals surface area contributed by atoms with Gasteiger partial charge in [0, 0.05) is 13.1 Å². The number of carbonyl (C=O) groups excluding carboxylic acids is 1. The summed E-state index contributed by atoms with van der Waals surface area (Å²) in [5.74, 6) is 1.46. The van der Waals surface area contributed by atoms with Crippen LogP contribution < -0.4 is 14.8 Å². The van der Waals surface area contributed by atoms with E-state index in [9.17, 15) is 18.0 Å². The van der Waals surface area contributed by atoms with Crippen molar-refractivity contribution in [3.63, 3.8) is 0 Å². The van der Waals surface area contributed by atoms with E-state index in [1.165, 1.54) is 17.7 Å². The first kappa shape index (κ1) is 23.5. The highest BCUT2D eigenvalue weighted by atomic mass is 35.5. The monoisotopic (exact) mass is 471 g/mol. The molecule has 0 saturated heterocycles. The molecule has 1 amide bonds. The van der Waals surface area contributed by atoms with Crippen LogP contribution in [0.1, 0.15) is 34.1 Å². The topological polar surface area (TPSA) is 78.5 Å². The van der Waals surface area contributed by atoms with Gasteiger partial charge in [-0.25, -0.2) is 0 Å². The number of halogens is 4. The minimum Gasteiger partial charge on any atom is -0.497 e. The van der Waals surface area contributed by atoms with Crippen molar-refractivity contribution in [1.29, 1.82) is 0 Å². The molecule has 0 radical (unpaired) electrons.